The van der Waals surface area contributed by atoms with Crippen molar-refractivity contribution in [1.82, 2.24) is 20.4 Å². The number of hydrogen-bond acceptors (Lipinski definition) is 3. The monoisotopic (exact) mass is 336 g/mol. The maximum atomic E-state index is 12.4. The van der Waals surface area contributed by atoms with Crippen LogP contribution in [0.4, 0.5) is 4.79 Å². The van der Waals surface area contributed by atoms with Crippen molar-refractivity contribution in [3.63, 3.8) is 0 Å². The summed E-state index contributed by atoms with van der Waals surface area (Å²) < 4.78 is 0. The second-order valence-electron chi connectivity index (χ2n) is 7.85. The predicted octanol–water partition coefficient (Wildman–Crippen LogP) is 1.56. The molecule has 1 atom stereocenters. The number of urea groups is 1. The highest BCUT2D eigenvalue weighted by Gasteiger charge is 2.36. The Bertz CT molecular complexity index is 460. The van der Waals surface area contributed by atoms with Gasteiger partial charge >= 0.3 is 6.03 Å². The van der Waals surface area contributed by atoms with Crippen molar-refractivity contribution in [3.05, 3.63) is 0 Å². The molecule has 0 aromatic rings. The molecule has 6 heteroatoms. The molecule has 3 rings (SSSR count). The standard InChI is InChI=1S/C18H32N4O2/c1-3-18(7-4-8-18)13-19-17(24)22-11-9-21(10-12-22)14(2)16(23)20-15-5-6-15/h14-15H,3-13H2,1-2H3,(H,19,24)(H,20,23)/t14-/m0/s1. The van der Waals surface area contributed by atoms with Crippen LogP contribution < -0.4 is 10.6 Å². The lowest BCUT2D eigenvalue weighted by molar-refractivity contribution is -0.126. The van der Waals surface area contributed by atoms with Crippen molar-refractivity contribution in [1.29, 1.82) is 0 Å². The Kier molecular flexibility index (Phi) is 5.33. The van der Waals surface area contributed by atoms with Gasteiger partial charge in [0.2, 0.25) is 5.91 Å². The zero-order valence-electron chi connectivity index (χ0n) is 15.1. The molecule has 0 bridgehead atoms. The number of carbonyl (C=O) groups is 2. The van der Waals surface area contributed by atoms with E-state index in [9.17, 15) is 9.59 Å². The van der Waals surface area contributed by atoms with E-state index in [2.05, 4.69) is 22.5 Å². The Hall–Kier alpha value is -1.30. The van der Waals surface area contributed by atoms with Crippen LogP contribution in [-0.4, -0.2) is 66.5 Å². The number of nitrogens with zero attached hydrogens (tertiary/aromatic N) is 2. The number of hydrogen-bond donors (Lipinski definition) is 2. The van der Waals surface area contributed by atoms with E-state index in [1.165, 1.54) is 19.3 Å². The molecule has 3 aliphatic rings. The van der Waals surface area contributed by atoms with E-state index in [1.54, 1.807) is 0 Å². The molecule has 2 aliphatic carbocycles. The van der Waals surface area contributed by atoms with E-state index in [1.807, 2.05) is 11.8 Å². The van der Waals surface area contributed by atoms with Gasteiger partial charge in [0.15, 0.2) is 0 Å². The molecule has 3 fully saturated rings. The molecule has 1 heterocycles. The zero-order valence-corrected chi connectivity index (χ0v) is 15.1. The van der Waals surface area contributed by atoms with Gasteiger partial charge in [-0.2, -0.15) is 0 Å². The summed E-state index contributed by atoms with van der Waals surface area (Å²) in [5, 5.41) is 6.20. The number of piperazine rings is 1. The third-order valence-corrected chi connectivity index (χ3v) is 6.23. The molecule has 0 aromatic heterocycles. The van der Waals surface area contributed by atoms with Gasteiger partial charge in [-0.1, -0.05) is 13.3 Å². The summed E-state index contributed by atoms with van der Waals surface area (Å²) in [6.07, 6.45) is 7.16. The van der Waals surface area contributed by atoms with Crippen LogP contribution in [0, 0.1) is 5.41 Å². The van der Waals surface area contributed by atoms with Gasteiger partial charge < -0.3 is 15.5 Å². The highest BCUT2D eigenvalue weighted by Crippen LogP contribution is 2.43. The third kappa shape index (κ3) is 4.02. The average Bonchev–Trinajstić information content (AvgIpc) is 3.37. The lowest BCUT2D eigenvalue weighted by Gasteiger charge is -2.42. The second-order valence-corrected chi connectivity index (χ2v) is 7.85. The number of nitrogens with one attached hydrogen (secondary N) is 2. The average molecular weight is 336 g/mol. The first kappa shape index (κ1) is 17.5. The first-order valence-electron chi connectivity index (χ1n) is 9.60. The molecule has 1 aliphatic heterocycles. The van der Waals surface area contributed by atoms with Crippen LogP contribution in [0.25, 0.3) is 0 Å². The summed E-state index contributed by atoms with van der Waals surface area (Å²) >= 11 is 0. The second kappa shape index (κ2) is 7.30. The van der Waals surface area contributed by atoms with Gasteiger partial charge in [-0.15, -0.1) is 0 Å². The van der Waals surface area contributed by atoms with Crippen molar-refractivity contribution in [2.24, 2.45) is 5.41 Å². The van der Waals surface area contributed by atoms with Crippen LogP contribution in [0.1, 0.15) is 52.4 Å². The van der Waals surface area contributed by atoms with E-state index < -0.39 is 0 Å². The van der Waals surface area contributed by atoms with E-state index in [0.29, 0.717) is 24.5 Å². The molecule has 0 radical (unpaired) electrons. The summed E-state index contributed by atoms with van der Waals surface area (Å²) in [6, 6.07) is 0.364. The molecule has 0 unspecified atom stereocenters. The summed E-state index contributed by atoms with van der Waals surface area (Å²) in [7, 11) is 0. The quantitative estimate of drug-likeness (QED) is 0.774. The van der Waals surface area contributed by atoms with E-state index in [-0.39, 0.29) is 18.0 Å². The van der Waals surface area contributed by atoms with Gasteiger partial charge in [0, 0.05) is 38.8 Å². The van der Waals surface area contributed by atoms with E-state index in [0.717, 1.165) is 38.9 Å². The minimum Gasteiger partial charge on any atom is -0.352 e. The van der Waals surface area contributed by atoms with Crippen molar-refractivity contribution in [2.75, 3.05) is 32.7 Å². The van der Waals surface area contributed by atoms with E-state index in [4.69, 9.17) is 0 Å². The van der Waals surface area contributed by atoms with Crippen LogP contribution in [0.3, 0.4) is 0 Å². The fraction of sp³-hybridized carbons (Fsp3) is 0.889. The summed E-state index contributed by atoms with van der Waals surface area (Å²) in [5.74, 6) is 0.130. The van der Waals surface area contributed by atoms with Crippen LogP contribution in [0.15, 0.2) is 0 Å². The van der Waals surface area contributed by atoms with Crippen LogP contribution in [-0.2, 0) is 4.79 Å². The third-order valence-electron chi connectivity index (χ3n) is 6.23. The molecular weight excluding hydrogens is 304 g/mol. The lowest BCUT2D eigenvalue weighted by Crippen LogP contribution is -2.57. The van der Waals surface area contributed by atoms with Gasteiger partial charge in [0.25, 0.3) is 0 Å². The molecular formula is C18H32N4O2. The van der Waals surface area contributed by atoms with Gasteiger partial charge in [-0.25, -0.2) is 4.79 Å². The van der Waals surface area contributed by atoms with Crippen LogP contribution in [0.5, 0.6) is 0 Å². The van der Waals surface area contributed by atoms with Gasteiger partial charge in [0.1, 0.15) is 0 Å². The van der Waals surface area contributed by atoms with Gasteiger partial charge in [0.05, 0.1) is 6.04 Å². The predicted molar refractivity (Wildman–Crippen MR) is 93.7 cm³/mol. The first-order chi connectivity index (χ1) is 11.5. The highest BCUT2D eigenvalue weighted by molar-refractivity contribution is 5.82. The molecule has 136 valence electrons. The Morgan fingerprint density at radius 2 is 1.83 bits per heavy atom. The maximum Gasteiger partial charge on any atom is 0.317 e. The number of rotatable bonds is 6. The van der Waals surface area contributed by atoms with Gasteiger partial charge in [-0.05, 0) is 44.4 Å². The molecule has 0 aromatic carbocycles. The molecule has 3 amide bonds. The van der Waals surface area contributed by atoms with Crippen LogP contribution >= 0.6 is 0 Å². The summed E-state index contributed by atoms with van der Waals surface area (Å²) in [4.78, 5) is 28.6. The highest BCUT2D eigenvalue weighted by atomic mass is 16.2. The van der Waals surface area contributed by atoms with Crippen molar-refractivity contribution < 1.29 is 9.59 Å². The maximum absolute atomic E-state index is 12.4. The van der Waals surface area contributed by atoms with Crippen molar-refractivity contribution >= 4 is 11.9 Å². The fourth-order valence-corrected chi connectivity index (χ4v) is 3.73. The normalized spacial score (nSPS) is 24.8. The van der Waals surface area contributed by atoms with Crippen molar-refractivity contribution in [3.8, 4) is 0 Å². The van der Waals surface area contributed by atoms with Crippen LogP contribution in [0.2, 0.25) is 0 Å². The molecule has 2 N–H and O–H groups in total. The number of amides is 3. The number of carbonyl (C=O) groups excluding carboxylic acids is 2. The smallest absolute Gasteiger partial charge is 0.317 e. The minimum absolute atomic E-state index is 0.0597. The van der Waals surface area contributed by atoms with Crippen molar-refractivity contribution in [2.45, 2.75) is 64.5 Å². The molecule has 0 spiro atoms. The molecule has 24 heavy (non-hydrogen) atoms. The minimum atomic E-state index is -0.103. The Morgan fingerprint density at radius 1 is 1.17 bits per heavy atom. The Morgan fingerprint density at radius 3 is 2.33 bits per heavy atom. The first-order valence-corrected chi connectivity index (χ1v) is 9.60. The topological polar surface area (TPSA) is 64.7 Å². The van der Waals surface area contributed by atoms with E-state index >= 15 is 0 Å². The SMILES string of the molecule is CCC1(CNC(=O)N2CCN([C@@H](C)C(=O)NC3CC3)CC2)CCC1. The molecule has 1 saturated heterocycles. The lowest BCUT2D eigenvalue weighted by atomic mass is 9.67. The summed E-state index contributed by atoms with van der Waals surface area (Å²) in [6.45, 7) is 7.94. The fourth-order valence-electron chi connectivity index (χ4n) is 3.73. The molecule has 2 saturated carbocycles. The molecule has 6 nitrogen and oxygen atoms in total. The summed E-state index contributed by atoms with van der Waals surface area (Å²) in [5.41, 5.74) is 0.354. The zero-order chi connectivity index (χ0) is 17.2. The largest absolute Gasteiger partial charge is 0.352 e. The Labute approximate surface area is 145 Å². The Balaban J connectivity index is 1.39. The van der Waals surface area contributed by atoms with Gasteiger partial charge in [-0.3, -0.25) is 9.69 Å².